The third-order valence-corrected chi connectivity index (χ3v) is 7.73. The van der Waals surface area contributed by atoms with Crippen LogP contribution in [0.2, 0.25) is 0 Å². The Balaban J connectivity index is 1.32. The lowest BCUT2D eigenvalue weighted by Crippen LogP contribution is -2.58. The number of hydrogen-bond acceptors (Lipinski definition) is 5. The highest BCUT2D eigenvalue weighted by Gasteiger charge is 2.51. The van der Waals surface area contributed by atoms with Crippen LogP contribution >= 0.6 is 0 Å². The number of urea groups is 1. The molecule has 2 amide bonds. The molecular weight excluding hydrogens is 464 g/mol. The zero-order valence-corrected chi connectivity index (χ0v) is 20.6. The van der Waals surface area contributed by atoms with Crippen molar-refractivity contribution >= 4 is 11.7 Å². The standard InChI is InChI=1S/C27H33F2N5O2/c1-27(19-6-4-3-5-7-19)24(17-8-9-17)32-33-25(27)31-26(35)30-23-16-34(12-13-36-2)15-20(23)18-10-11-21(28)22(29)14-18/h3-7,10-11,14,17,20,23,25,33H,8-9,12-13,15-16H2,1-2H3,(H2,30,31,35)/t20-,23+,25?,27?/m0/s1. The number of benzene rings is 2. The van der Waals surface area contributed by atoms with E-state index in [9.17, 15) is 13.6 Å². The van der Waals surface area contributed by atoms with Gasteiger partial charge >= 0.3 is 6.03 Å². The van der Waals surface area contributed by atoms with Crippen LogP contribution in [0.15, 0.2) is 53.6 Å². The fourth-order valence-electron chi connectivity index (χ4n) is 5.53. The van der Waals surface area contributed by atoms with Crippen LogP contribution in [-0.4, -0.2) is 62.2 Å². The predicted octanol–water partition coefficient (Wildman–Crippen LogP) is 3.33. The number of likely N-dealkylation sites (tertiary alicyclic amines) is 1. The Bertz CT molecular complexity index is 1130. The normalized spacial score (nSPS) is 28.0. The molecule has 0 bridgehead atoms. The monoisotopic (exact) mass is 497 g/mol. The Hall–Kier alpha value is -3.04. The summed E-state index contributed by atoms with van der Waals surface area (Å²) in [6.45, 7) is 4.55. The summed E-state index contributed by atoms with van der Waals surface area (Å²) in [5, 5.41) is 10.9. The van der Waals surface area contributed by atoms with Crippen molar-refractivity contribution < 1.29 is 18.3 Å². The average Bonchev–Trinajstić information content (AvgIpc) is 3.56. The van der Waals surface area contributed by atoms with Gasteiger partial charge in [-0.3, -0.25) is 10.3 Å². The quantitative estimate of drug-likeness (QED) is 0.523. The first-order valence-corrected chi connectivity index (χ1v) is 12.5. The Kier molecular flexibility index (Phi) is 6.94. The SMILES string of the molecule is COCCN1C[C@@H](NC(=O)NC2NN=C(C3CC3)C2(C)c2ccccc2)[C@H](c2ccc(F)c(F)c2)C1. The van der Waals surface area contributed by atoms with Gasteiger partial charge in [-0.05, 0) is 43.0 Å². The highest BCUT2D eigenvalue weighted by Crippen LogP contribution is 2.43. The Labute approximate surface area is 210 Å². The first-order chi connectivity index (χ1) is 17.4. The number of hydrogen-bond donors (Lipinski definition) is 3. The molecule has 3 aliphatic rings. The van der Waals surface area contributed by atoms with E-state index in [0.29, 0.717) is 37.7 Å². The zero-order valence-electron chi connectivity index (χ0n) is 20.6. The van der Waals surface area contributed by atoms with Gasteiger partial charge in [0.05, 0.1) is 23.8 Å². The van der Waals surface area contributed by atoms with Crippen LogP contribution in [-0.2, 0) is 10.2 Å². The van der Waals surface area contributed by atoms with Crippen molar-refractivity contribution in [1.82, 2.24) is 21.0 Å². The number of nitrogens with one attached hydrogen (secondary N) is 3. The molecule has 4 atom stereocenters. The van der Waals surface area contributed by atoms with Gasteiger partial charge in [0.1, 0.15) is 6.17 Å². The molecule has 2 fully saturated rings. The lowest BCUT2D eigenvalue weighted by Gasteiger charge is -2.34. The summed E-state index contributed by atoms with van der Waals surface area (Å²) in [5.41, 5.74) is 5.52. The van der Waals surface area contributed by atoms with Crippen LogP contribution < -0.4 is 16.1 Å². The molecule has 0 radical (unpaired) electrons. The molecule has 7 nitrogen and oxygen atoms in total. The van der Waals surface area contributed by atoms with E-state index in [0.717, 1.165) is 30.2 Å². The number of methoxy groups -OCH3 is 1. The number of halogens is 2. The molecule has 2 unspecified atom stereocenters. The van der Waals surface area contributed by atoms with Crippen LogP contribution in [0.3, 0.4) is 0 Å². The van der Waals surface area contributed by atoms with Gasteiger partial charge in [0.15, 0.2) is 11.6 Å². The minimum atomic E-state index is -0.885. The summed E-state index contributed by atoms with van der Waals surface area (Å²) >= 11 is 0. The van der Waals surface area contributed by atoms with E-state index < -0.39 is 23.2 Å². The second kappa shape index (κ2) is 10.1. The summed E-state index contributed by atoms with van der Waals surface area (Å²) in [6.07, 6.45) is 1.80. The van der Waals surface area contributed by atoms with Gasteiger partial charge in [0.2, 0.25) is 0 Å². The molecule has 36 heavy (non-hydrogen) atoms. The molecule has 5 rings (SSSR count). The smallest absolute Gasteiger partial charge is 0.316 e. The van der Waals surface area contributed by atoms with Gasteiger partial charge in [0, 0.05) is 38.6 Å². The molecule has 0 spiro atoms. The molecule has 2 aromatic rings. The number of carbonyl (C=O) groups is 1. The molecular formula is C27H33F2N5O2. The highest BCUT2D eigenvalue weighted by molar-refractivity contribution is 6.00. The Morgan fingerprint density at radius 3 is 2.61 bits per heavy atom. The topological polar surface area (TPSA) is 78.0 Å². The predicted molar refractivity (Wildman–Crippen MR) is 134 cm³/mol. The fourth-order valence-corrected chi connectivity index (χ4v) is 5.53. The van der Waals surface area contributed by atoms with Crippen LogP contribution in [0.4, 0.5) is 13.6 Å². The molecule has 192 valence electrons. The number of hydrazone groups is 1. The molecule has 2 heterocycles. The lowest BCUT2D eigenvalue weighted by molar-refractivity contribution is 0.159. The van der Waals surface area contributed by atoms with Gasteiger partial charge in [-0.2, -0.15) is 5.10 Å². The van der Waals surface area contributed by atoms with Crippen molar-refractivity contribution in [1.29, 1.82) is 0 Å². The summed E-state index contributed by atoms with van der Waals surface area (Å²) in [7, 11) is 1.64. The van der Waals surface area contributed by atoms with E-state index in [1.165, 1.54) is 6.07 Å². The zero-order chi connectivity index (χ0) is 25.3. The van der Waals surface area contributed by atoms with Crippen molar-refractivity contribution in [2.45, 2.75) is 43.3 Å². The summed E-state index contributed by atoms with van der Waals surface area (Å²) in [4.78, 5) is 15.5. The van der Waals surface area contributed by atoms with Crippen molar-refractivity contribution in [3.8, 4) is 0 Å². The van der Waals surface area contributed by atoms with E-state index in [4.69, 9.17) is 4.74 Å². The van der Waals surface area contributed by atoms with E-state index >= 15 is 0 Å². The van der Waals surface area contributed by atoms with E-state index in [1.807, 2.05) is 18.2 Å². The molecule has 0 aromatic heterocycles. The summed E-state index contributed by atoms with van der Waals surface area (Å²) in [6, 6.07) is 13.5. The van der Waals surface area contributed by atoms with E-state index in [-0.39, 0.29) is 18.0 Å². The lowest BCUT2D eigenvalue weighted by atomic mass is 9.74. The molecule has 2 aliphatic heterocycles. The van der Waals surface area contributed by atoms with Gasteiger partial charge in [0.25, 0.3) is 0 Å². The summed E-state index contributed by atoms with van der Waals surface area (Å²) in [5.74, 6) is -1.52. The van der Waals surface area contributed by atoms with Gasteiger partial charge < -0.3 is 15.4 Å². The van der Waals surface area contributed by atoms with Crippen molar-refractivity contribution in [2.75, 3.05) is 33.4 Å². The first kappa shape index (κ1) is 24.6. The third-order valence-electron chi connectivity index (χ3n) is 7.73. The number of ether oxygens (including phenoxy) is 1. The van der Waals surface area contributed by atoms with E-state index in [1.54, 1.807) is 13.2 Å². The van der Waals surface area contributed by atoms with Crippen LogP contribution in [0, 0.1) is 17.6 Å². The largest absolute Gasteiger partial charge is 0.383 e. The number of carbonyl (C=O) groups excluding carboxylic acids is 1. The third kappa shape index (κ3) is 4.82. The van der Waals surface area contributed by atoms with Crippen LogP contribution in [0.25, 0.3) is 0 Å². The first-order valence-electron chi connectivity index (χ1n) is 12.5. The minimum Gasteiger partial charge on any atom is -0.383 e. The van der Waals surface area contributed by atoms with Crippen molar-refractivity contribution in [3.63, 3.8) is 0 Å². The van der Waals surface area contributed by atoms with Gasteiger partial charge in [-0.15, -0.1) is 0 Å². The molecule has 1 saturated carbocycles. The van der Waals surface area contributed by atoms with Gasteiger partial charge in [-0.25, -0.2) is 13.6 Å². The maximum absolute atomic E-state index is 14.0. The number of amides is 2. The second-order valence-electron chi connectivity index (χ2n) is 10.2. The Morgan fingerprint density at radius 2 is 1.92 bits per heavy atom. The summed E-state index contributed by atoms with van der Waals surface area (Å²) < 4.78 is 32.8. The molecule has 1 saturated heterocycles. The molecule has 1 aliphatic carbocycles. The molecule has 9 heteroatoms. The number of rotatable bonds is 8. The van der Waals surface area contributed by atoms with Crippen LogP contribution in [0.5, 0.6) is 0 Å². The maximum Gasteiger partial charge on any atom is 0.316 e. The maximum atomic E-state index is 14.0. The minimum absolute atomic E-state index is 0.182. The van der Waals surface area contributed by atoms with E-state index in [2.05, 4.69) is 45.1 Å². The van der Waals surface area contributed by atoms with Crippen LogP contribution in [0.1, 0.15) is 36.8 Å². The average molecular weight is 498 g/mol. The van der Waals surface area contributed by atoms with Gasteiger partial charge in [-0.1, -0.05) is 36.4 Å². The van der Waals surface area contributed by atoms with Crippen molar-refractivity contribution in [2.24, 2.45) is 11.0 Å². The highest BCUT2D eigenvalue weighted by atomic mass is 19.2. The fraction of sp³-hybridized carbons (Fsp3) is 0.481. The molecule has 3 N–H and O–H groups in total. The second-order valence-corrected chi connectivity index (χ2v) is 10.2. The molecule has 2 aromatic carbocycles. The van der Waals surface area contributed by atoms with Crippen molar-refractivity contribution in [3.05, 3.63) is 71.3 Å². The number of nitrogens with zero attached hydrogens (tertiary/aromatic N) is 2. The Morgan fingerprint density at radius 1 is 1.14 bits per heavy atom.